The van der Waals surface area contributed by atoms with E-state index in [0.717, 1.165) is 23.2 Å². The molecule has 0 aliphatic carbocycles. The molecule has 26 heavy (non-hydrogen) atoms. The topological polar surface area (TPSA) is 84.0 Å². The zero-order valence-electron chi connectivity index (χ0n) is 14.6. The number of aryl methyl sites for hydroxylation is 2. The van der Waals surface area contributed by atoms with Crippen molar-refractivity contribution in [2.45, 2.75) is 25.2 Å². The fraction of sp³-hybridized carbons (Fsp3) is 0.158. The van der Waals surface area contributed by atoms with E-state index in [1.54, 1.807) is 36.4 Å². The molecule has 134 valence electrons. The smallest absolute Gasteiger partial charge is 0.263 e. The van der Waals surface area contributed by atoms with Gasteiger partial charge in [0.15, 0.2) is 11.6 Å². The first kappa shape index (κ1) is 17.9. The van der Waals surface area contributed by atoms with E-state index in [4.69, 9.17) is 0 Å². The maximum Gasteiger partial charge on any atom is 0.263 e. The Kier molecular flexibility index (Phi) is 5.18. The second kappa shape index (κ2) is 7.53. The van der Waals surface area contributed by atoms with Crippen LogP contribution in [0.15, 0.2) is 65.6 Å². The van der Waals surface area contributed by atoms with E-state index in [2.05, 4.69) is 20.2 Å². The first-order chi connectivity index (χ1) is 12.5. The molecular formula is C19H20N4O2S. The minimum Gasteiger partial charge on any atom is -0.339 e. The normalized spacial score (nSPS) is 11.2. The van der Waals surface area contributed by atoms with Gasteiger partial charge in [-0.2, -0.15) is 0 Å². The fourth-order valence-electron chi connectivity index (χ4n) is 2.41. The Labute approximate surface area is 153 Å². The molecule has 3 rings (SSSR count). The number of para-hydroxylation sites is 1. The van der Waals surface area contributed by atoms with Gasteiger partial charge in [-0.25, -0.2) is 8.42 Å². The summed E-state index contributed by atoms with van der Waals surface area (Å²) < 4.78 is 27.3. The number of hydrogen-bond donors (Lipinski definition) is 2. The van der Waals surface area contributed by atoms with Crippen LogP contribution in [0.2, 0.25) is 0 Å². The maximum atomic E-state index is 12.4. The molecule has 0 amide bonds. The lowest BCUT2D eigenvalue weighted by Gasteiger charge is -2.10. The molecule has 0 saturated carbocycles. The van der Waals surface area contributed by atoms with E-state index >= 15 is 0 Å². The van der Waals surface area contributed by atoms with Crippen LogP contribution >= 0.6 is 0 Å². The Balaban J connectivity index is 1.73. The summed E-state index contributed by atoms with van der Waals surface area (Å²) in [7, 11) is -3.69. The van der Waals surface area contributed by atoms with E-state index in [1.807, 2.05) is 38.1 Å². The van der Waals surface area contributed by atoms with E-state index in [9.17, 15) is 8.42 Å². The maximum absolute atomic E-state index is 12.4. The molecule has 1 heterocycles. The summed E-state index contributed by atoms with van der Waals surface area (Å²) in [5, 5.41) is 11.1. The molecule has 0 radical (unpaired) electrons. The molecule has 2 N–H and O–H groups in total. The van der Waals surface area contributed by atoms with Crippen LogP contribution in [0.1, 0.15) is 18.1 Å². The summed E-state index contributed by atoms with van der Waals surface area (Å²) in [4.78, 5) is 0.193. The number of benzene rings is 2. The molecule has 0 aliphatic heterocycles. The molecule has 3 aromatic rings. The lowest BCUT2D eigenvalue weighted by atomic mass is 10.2. The molecule has 0 bridgehead atoms. The van der Waals surface area contributed by atoms with Crippen molar-refractivity contribution in [1.29, 1.82) is 0 Å². The minimum absolute atomic E-state index is 0.167. The predicted molar refractivity (Wildman–Crippen MR) is 103 cm³/mol. The fourth-order valence-corrected chi connectivity index (χ4v) is 3.40. The van der Waals surface area contributed by atoms with Crippen LogP contribution in [0, 0.1) is 6.92 Å². The molecule has 7 heteroatoms. The van der Waals surface area contributed by atoms with Crippen molar-refractivity contribution < 1.29 is 8.42 Å². The third-order valence-electron chi connectivity index (χ3n) is 3.95. The third-order valence-corrected chi connectivity index (χ3v) is 5.32. The molecule has 0 fully saturated rings. The third kappa shape index (κ3) is 4.18. The summed E-state index contributed by atoms with van der Waals surface area (Å²) in [6, 6.07) is 17.8. The quantitative estimate of drug-likeness (QED) is 0.689. The highest BCUT2D eigenvalue weighted by Gasteiger charge is 2.15. The highest BCUT2D eigenvalue weighted by atomic mass is 32.2. The number of nitrogens with zero attached hydrogens (tertiary/aromatic N) is 2. The Bertz CT molecular complexity index is 985. The van der Waals surface area contributed by atoms with Gasteiger partial charge in [-0.15, -0.1) is 10.2 Å². The second-order valence-electron chi connectivity index (χ2n) is 5.85. The van der Waals surface area contributed by atoms with E-state index in [-0.39, 0.29) is 10.7 Å². The van der Waals surface area contributed by atoms with Crippen molar-refractivity contribution in [2.75, 3.05) is 10.0 Å². The SMILES string of the molecule is CCc1ccc(S(=O)(=O)Nc2ccc(Nc3ccccc3C)nn2)cc1. The van der Waals surface area contributed by atoms with E-state index in [0.29, 0.717) is 5.82 Å². The second-order valence-corrected chi connectivity index (χ2v) is 7.53. The van der Waals surface area contributed by atoms with Crippen LogP contribution in [0.3, 0.4) is 0 Å². The van der Waals surface area contributed by atoms with E-state index < -0.39 is 10.0 Å². The van der Waals surface area contributed by atoms with Gasteiger partial charge in [0.1, 0.15) is 0 Å². The predicted octanol–water partition coefficient (Wildman–Crippen LogP) is 3.89. The van der Waals surface area contributed by atoms with Crippen molar-refractivity contribution >= 4 is 27.3 Å². The van der Waals surface area contributed by atoms with Gasteiger partial charge in [0.25, 0.3) is 10.0 Å². The molecular weight excluding hydrogens is 348 g/mol. The van der Waals surface area contributed by atoms with Gasteiger partial charge in [0.05, 0.1) is 4.90 Å². The van der Waals surface area contributed by atoms with Gasteiger partial charge in [-0.3, -0.25) is 4.72 Å². The van der Waals surface area contributed by atoms with Gasteiger partial charge in [0, 0.05) is 5.69 Å². The molecule has 0 saturated heterocycles. The number of anilines is 3. The zero-order chi connectivity index (χ0) is 18.6. The molecule has 0 spiro atoms. The first-order valence-electron chi connectivity index (χ1n) is 8.26. The van der Waals surface area contributed by atoms with Crippen molar-refractivity contribution in [1.82, 2.24) is 10.2 Å². The number of nitrogens with one attached hydrogen (secondary N) is 2. The Morgan fingerprint density at radius 1 is 0.885 bits per heavy atom. The zero-order valence-corrected chi connectivity index (χ0v) is 15.4. The standard InChI is InChI=1S/C19H20N4O2S/c1-3-15-8-10-16(11-9-15)26(24,25)23-19-13-12-18(21-22-19)20-17-7-5-4-6-14(17)2/h4-13H,3H2,1-2H3,(H,20,21)(H,22,23). The minimum atomic E-state index is -3.69. The van der Waals surface area contributed by atoms with Crippen LogP contribution in [-0.4, -0.2) is 18.6 Å². The van der Waals surface area contributed by atoms with Crippen molar-refractivity contribution in [3.8, 4) is 0 Å². The van der Waals surface area contributed by atoms with Gasteiger partial charge >= 0.3 is 0 Å². The number of sulfonamides is 1. The largest absolute Gasteiger partial charge is 0.339 e. The number of hydrogen-bond acceptors (Lipinski definition) is 5. The average Bonchev–Trinajstić information content (AvgIpc) is 2.65. The number of rotatable bonds is 6. The molecule has 1 aromatic heterocycles. The highest BCUT2D eigenvalue weighted by molar-refractivity contribution is 7.92. The molecule has 6 nitrogen and oxygen atoms in total. The van der Waals surface area contributed by atoms with Crippen molar-refractivity contribution in [3.05, 3.63) is 71.8 Å². The Hall–Kier alpha value is -2.93. The van der Waals surface area contributed by atoms with E-state index in [1.165, 1.54) is 0 Å². The molecule has 0 atom stereocenters. The molecule has 0 unspecified atom stereocenters. The lowest BCUT2D eigenvalue weighted by molar-refractivity contribution is 0.601. The van der Waals surface area contributed by atoms with Crippen molar-refractivity contribution in [3.63, 3.8) is 0 Å². The monoisotopic (exact) mass is 368 g/mol. The highest BCUT2D eigenvalue weighted by Crippen LogP contribution is 2.20. The number of aromatic nitrogens is 2. The average molecular weight is 368 g/mol. The summed E-state index contributed by atoms with van der Waals surface area (Å²) in [5.74, 6) is 0.703. The van der Waals surface area contributed by atoms with Gasteiger partial charge in [-0.1, -0.05) is 37.3 Å². The Morgan fingerprint density at radius 3 is 2.15 bits per heavy atom. The van der Waals surface area contributed by atoms with Crippen LogP contribution in [0.4, 0.5) is 17.3 Å². The van der Waals surface area contributed by atoms with Crippen molar-refractivity contribution in [2.24, 2.45) is 0 Å². The van der Waals surface area contributed by atoms with Crippen LogP contribution in [-0.2, 0) is 16.4 Å². The summed E-state index contributed by atoms with van der Waals surface area (Å²) in [6.07, 6.45) is 0.856. The Morgan fingerprint density at radius 2 is 1.54 bits per heavy atom. The first-order valence-corrected chi connectivity index (χ1v) is 9.74. The van der Waals surface area contributed by atoms with Gasteiger partial charge in [0.2, 0.25) is 0 Å². The van der Waals surface area contributed by atoms with Crippen LogP contribution in [0.5, 0.6) is 0 Å². The van der Waals surface area contributed by atoms with Gasteiger partial charge < -0.3 is 5.32 Å². The lowest BCUT2D eigenvalue weighted by Crippen LogP contribution is -2.14. The van der Waals surface area contributed by atoms with Crippen LogP contribution in [0.25, 0.3) is 0 Å². The molecule has 0 aliphatic rings. The summed E-state index contributed by atoms with van der Waals surface area (Å²) >= 11 is 0. The summed E-state index contributed by atoms with van der Waals surface area (Å²) in [5.41, 5.74) is 3.08. The molecule has 2 aromatic carbocycles. The summed E-state index contributed by atoms with van der Waals surface area (Å²) in [6.45, 7) is 4.01. The van der Waals surface area contributed by atoms with Crippen LogP contribution < -0.4 is 10.0 Å². The van der Waals surface area contributed by atoms with Gasteiger partial charge in [-0.05, 0) is 54.8 Å².